The first kappa shape index (κ1) is 28.4. The number of fused-ring (bicyclic) bond motifs is 1. The molecule has 1 heterocycles. The molecule has 8 aromatic carbocycles. The van der Waals surface area contributed by atoms with Gasteiger partial charge in [-0.05, 0) is 97.1 Å². The van der Waals surface area contributed by atoms with E-state index >= 15 is 0 Å². The van der Waals surface area contributed by atoms with Crippen molar-refractivity contribution in [2.24, 2.45) is 0 Å². The van der Waals surface area contributed by atoms with Gasteiger partial charge in [0, 0.05) is 11.5 Å². The number of hydrogen-bond donors (Lipinski definition) is 0. The molecule has 12 rings (SSSR count). The van der Waals surface area contributed by atoms with Gasteiger partial charge in [0.1, 0.15) is 0 Å². The predicted octanol–water partition coefficient (Wildman–Crippen LogP) is 12.7. The van der Waals surface area contributed by atoms with Gasteiger partial charge < -0.3 is 4.90 Å². The zero-order valence-electron chi connectivity index (χ0n) is 28.0. The molecule has 3 aliphatic carbocycles. The maximum Gasteiger partial charge on any atom is 0.0751 e. The van der Waals surface area contributed by atoms with Crippen molar-refractivity contribution < 1.29 is 0 Å². The number of hydrogen-bond acceptors (Lipinski definition) is 1. The molecule has 0 saturated carbocycles. The van der Waals surface area contributed by atoms with Crippen LogP contribution in [0.25, 0.3) is 33.4 Å². The van der Waals surface area contributed by atoms with Crippen LogP contribution in [-0.4, -0.2) is 0 Å². The lowest BCUT2D eigenvalue weighted by atomic mass is 9.49. The van der Waals surface area contributed by atoms with Crippen LogP contribution in [0.1, 0.15) is 44.9 Å². The second-order valence-electron chi connectivity index (χ2n) is 14.0. The van der Waals surface area contributed by atoms with Gasteiger partial charge in [0.15, 0.2) is 0 Å². The molecular weight excluding hydrogens is 615 g/mol. The molecular formula is C50H33N. The second kappa shape index (κ2) is 10.8. The van der Waals surface area contributed by atoms with Gasteiger partial charge in [-0.25, -0.2) is 0 Å². The highest BCUT2D eigenvalue weighted by atomic mass is 15.2. The Morgan fingerprint density at radius 3 is 1.67 bits per heavy atom. The molecule has 1 aliphatic heterocycles. The largest absolute Gasteiger partial charge is 0.309 e. The third-order valence-corrected chi connectivity index (χ3v) is 11.5. The molecule has 0 aromatic heterocycles. The maximum absolute atomic E-state index is 2.54. The Labute approximate surface area is 298 Å². The summed E-state index contributed by atoms with van der Waals surface area (Å²) in [4.78, 5) is 2.54. The van der Waals surface area contributed by atoms with Gasteiger partial charge in [0.2, 0.25) is 0 Å². The van der Waals surface area contributed by atoms with Crippen LogP contribution in [-0.2, 0) is 5.41 Å². The van der Waals surface area contributed by atoms with Crippen LogP contribution < -0.4 is 4.90 Å². The zero-order valence-corrected chi connectivity index (χ0v) is 28.0. The molecule has 0 fully saturated rings. The summed E-state index contributed by atoms with van der Waals surface area (Å²) < 4.78 is 0. The van der Waals surface area contributed by atoms with Crippen molar-refractivity contribution in [1.82, 2.24) is 0 Å². The van der Waals surface area contributed by atoms with Gasteiger partial charge in [0.25, 0.3) is 0 Å². The van der Waals surface area contributed by atoms with Crippen molar-refractivity contribution in [3.63, 3.8) is 0 Å². The molecule has 0 saturated heterocycles. The Kier molecular flexibility index (Phi) is 6.00. The molecule has 0 amide bonds. The minimum Gasteiger partial charge on any atom is -0.309 e. The monoisotopic (exact) mass is 647 g/mol. The first-order valence-electron chi connectivity index (χ1n) is 17.9. The highest BCUT2D eigenvalue weighted by Gasteiger charge is 2.57. The summed E-state index contributed by atoms with van der Waals surface area (Å²) in [5.74, 6) is 0.122. The first-order chi connectivity index (χ1) is 25.3. The molecule has 2 atom stereocenters. The molecule has 238 valence electrons. The highest BCUT2D eigenvalue weighted by molar-refractivity contribution is 5.98. The summed E-state index contributed by atoms with van der Waals surface area (Å²) >= 11 is 0. The number of rotatable bonds is 4. The van der Waals surface area contributed by atoms with Crippen LogP contribution in [0.5, 0.6) is 0 Å². The number of nitrogens with zero attached hydrogens (tertiary/aromatic N) is 1. The molecule has 1 spiro atoms. The Bertz CT molecular complexity index is 2640. The van der Waals surface area contributed by atoms with Crippen molar-refractivity contribution in [2.45, 2.75) is 11.3 Å². The van der Waals surface area contributed by atoms with E-state index in [1.54, 1.807) is 0 Å². The number of para-hydroxylation sites is 2. The molecule has 4 aliphatic rings. The van der Waals surface area contributed by atoms with Gasteiger partial charge >= 0.3 is 0 Å². The van der Waals surface area contributed by atoms with E-state index in [0.717, 1.165) is 0 Å². The summed E-state index contributed by atoms with van der Waals surface area (Å²) in [6.45, 7) is 0. The van der Waals surface area contributed by atoms with E-state index in [1.807, 2.05) is 0 Å². The normalized spacial score (nSPS) is 17.3. The van der Waals surface area contributed by atoms with E-state index < -0.39 is 5.41 Å². The minimum absolute atomic E-state index is 0.122. The summed E-state index contributed by atoms with van der Waals surface area (Å²) in [7, 11) is 0. The van der Waals surface area contributed by atoms with Crippen molar-refractivity contribution >= 4 is 17.1 Å². The summed E-state index contributed by atoms with van der Waals surface area (Å²) in [5.41, 5.74) is 20.4. The zero-order chi connectivity index (χ0) is 33.5. The molecule has 0 radical (unpaired) electrons. The average molecular weight is 648 g/mol. The lowest BCUT2D eigenvalue weighted by Gasteiger charge is -2.56. The Morgan fingerprint density at radius 1 is 0.333 bits per heavy atom. The van der Waals surface area contributed by atoms with Crippen LogP contribution in [0.15, 0.2) is 194 Å². The third kappa shape index (κ3) is 3.86. The summed E-state index contributed by atoms with van der Waals surface area (Å²) in [5, 5.41) is 0. The van der Waals surface area contributed by atoms with Gasteiger partial charge in [0.05, 0.1) is 22.5 Å². The standard InChI is InChI=1S/C50H33N/c1-4-15-33(16-5-1)36-28-30-42-41(31-36)48-39-29-27-37(34-17-6-2-7-18-34)32-44(39)50(42)43-23-11-13-25-46(43)51(47-26-14-22-40(48)49(47)50)45-24-12-10-21-38(45)35-19-8-3-9-20-35/h1-32,48H. The van der Waals surface area contributed by atoms with Crippen LogP contribution in [0.3, 0.4) is 0 Å². The van der Waals surface area contributed by atoms with Crippen LogP contribution in [0.4, 0.5) is 17.1 Å². The lowest BCUT2D eigenvalue weighted by molar-refractivity contribution is 0.623. The molecule has 1 nitrogen and oxygen atoms in total. The van der Waals surface area contributed by atoms with Crippen LogP contribution in [0, 0.1) is 0 Å². The van der Waals surface area contributed by atoms with Crippen molar-refractivity contribution in [3.8, 4) is 33.4 Å². The fraction of sp³-hybridized carbons (Fsp3) is 0.0400. The smallest absolute Gasteiger partial charge is 0.0751 e. The van der Waals surface area contributed by atoms with Crippen molar-refractivity contribution in [3.05, 3.63) is 233 Å². The predicted molar refractivity (Wildman–Crippen MR) is 210 cm³/mol. The molecule has 51 heavy (non-hydrogen) atoms. The van der Waals surface area contributed by atoms with Crippen molar-refractivity contribution in [1.29, 1.82) is 0 Å². The SMILES string of the molecule is c1ccc(-c2ccc3c(c2)C2c4ccc(-c5ccccc5)cc4C34c3ccccc3N(c3ccccc3-c3ccccc3)c3cccc2c34)cc1. The fourth-order valence-corrected chi connectivity index (χ4v) is 9.54. The van der Waals surface area contributed by atoms with Gasteiger partial charge in [-0.2, -0.15) is 0 Å². The minimum atomic E-state index is -0.486. The molecule has 2 bridgehead atoms. The van der Waals surface area contributed by atoms with Gasteiger partial charge in [-0.15, -0.1) is 0 Å². The van der Waals surface area contributed by atoms with Gasteiger partial charge in [-0.3, -0.25) is 0 Å². The summed E-state index contributed by atoms with van der Waals surface area (Å²) in [6, 6.07) is 72.2. The maximum atomic E-state index is 2.54. The first-order valence-corrected chi connectivity index (χ1v) is 17.9. The van der Waals surface area contributed by atoms with E-state index in [2.05, 4.69) is 199 Å². The molecule has 8 aromatic rings. The Hall–Kier alpha value is -6.44. The van der Waals surface area contributed by atoms with E-state index in [0.29, 0.717) is 0 Å². The molecule has 2 unspecified atom stereocenters. The van der Waals surface area contributed by atoms with E-state index in [9.17, 15) is 0 Å². The van der Waals surface area contributed by atoms with E-state index in [4.69, 9.17) is 0 Å². The molecule has 0 N–H and O–H groups in total. The van der Waals surface area contributed by atoms with Gasteiger partial charge in [-0.1, -0.05) is 164 Å². The summed E-state index contributed by atoms with van der Waals surface area (Å²) in [6.07, 6.45) is 0. The second-order valence-corrected chi connectivity index (χ2v) is 14.0. The topological polar surface area (TPSA) is 3.24 Å². The van der Waals surface area contributed by atoms with Crippen LogP contribution >= 0.6 is 0 Å². The van der Waals surface area contributed by atoms with Crippen LogP contribution in [0.2, 0.25) is 0 Å². The van der Waals surface area contributed by atoms with Crippen molar-refractivity contribution in [2.75, 3.05) is 4.90 Å². The lowest BCUT2D eigenvalue weighted by Crippen LogP contribution is -2.46. The van der Waals surface area contributed by atoms with E-state index in [1.165, 1.54) is 89.4 Å². The number of benzene rings is 8. The number of anilines is 3. The third-order valence-electron chi connectivity index (χ3n) is 11.5. The fourth-order valence-electron chi connectivity index (χ4n) is 9.54. The Morgan fingerprint density at radius 2 is 0.922 bits per heavy atom. The van der Waals surface area contributed by atoms with E-state index in [-0.39, 0.29) is 5.92 Å². The quantitative estimate of drug-likeness (QED) is 0.184. The molecule has 1 heteroatoms. The average Bonchev–Trinajstić information content (AvgIpc) is 3.22. The highest BCUT2D eigenvalue weighted by Crippen LogP contribution is 2.68. The Balaban J connectivity index is 1.25.